The SMILES string of the molecule is Clc1ccn(C2CC2)c1. The fourth-order valence-electron chi connectivity index (χ4n) is 0.986. The molecule has 0 N–H and O–H groups in total. The van der Waals surface area contributed by atoms with Crippen LogP contribution in [-0.4, -0.2) is 4.57 Å². The highest BCUT2D eigenvalue weighted by molar-refractivity contribution is 6.30. The molecule has 9 heavy (non-hydrogen) atoms. The molecule has 1 aromatic heterocycles. The maximum absolute atomic E-state index is 5.71. The van der Waals surface area contributed by atoms with E-state index in [1.807, 2.05) is 18.5 Å². The second kappa shape index (κ2) is 1.77. The summed E-state index contributed by atoms with van der Waals surface area (Å²) in [5.74, 6) is 0. The highest BCUT2D eigenvalue weighted by Gasteiger charge is 2.22. The fraction of sp³-hybridized carbons (Fsp3) is 0.429. The Hall–Kier alpha value is -0.430. The molecule has 48 valence electrons. The van der Waals surface area contributed by atoms with Gasteiger partial charge in [0.2, 0.25) is 0 Å². The van der Waals surface area contributed by atoms with Crippen molar-refractivity contribution in [2.75, 3.05) is 0 Å². The largest absolute Gasteiger partial charge is 0.350 e. The summed E-state index contributed by atoms with van der Waals surface area (Å²) in [7, 11) is 0. The van der Waals surface area contributed by atoms with Gasteiger partial charge in [0.05, 0.1) is 5.02 Å². The maximum atomic E-state index is 5.71. The average Bonchev–Trinajstić information content (AvgIpc) is 2.58. The van der Waals surface area contributed by atoms with Crippen LogP contribution < -0.4 is 0 Å². The summed E-state index contributed by atoms with van der Waals surface area (Å²) < 4.78 is 2.18. The van der Waals surface area contributed by atoms with Crippen molar-refractivity contribution in [3.05, 3.63) is 23.5 Å². The van der Waals surface area contributed by atoms with Crippen LogP contribution in [0.1, 0.15) is 18.9 Å². The van der Waals surface area contributed by atoms with Crippen LogP contribution in [0, 0.1) is 0 Å². The third kappa shape index (κ3) is 0.969. The minimum Gasteiger partial charge on any atom is -0.350 e. The summed E-state index contributed by atoms with van der Waals surface area (Å²) in [6, 6.07) is 2.69. The topological polar surface area (TPSA) is 4.93 Å². The van der Waals surface area contributed by atoms with Gasteiger partial charge in [-0.15, -0.1) is 0 Å². The molecule has 1 saturated carbocycles. The van der Waals surface area contributed by atoms with Crippen LogP contribution in [0.5, 0.6) is 0 Å². The van der Waals surface area contributed by atoms with Gasteiger partial charge in [-0.25, -0.2) is 0 Å². The third-order valence-corrected chi connectivity index (χ3v) is 1.87. The molecule has 1 heterocycles. The van der Waals surface area contributed by atoms with Crippen molar-refractivity contribution < 1.29 is 0 Å². The van der Waals surface area contributed by atoms with Crippen LogP contribution in [0.15, 0.2) is 18.5 Å². The summed E-state index contributed by atoms with van der Waals surface area (Å²) in [5, 5.41) is 0.849. The number of halogens is 1. The van der Waals surface area contributed by atoms with Gasteiger partial charge in [0.15, 0.2) is 0 Å². The Morgan fingerprint density at radius 3 is 2.78 bits per heavy atom. The highest BCUT2D eigenvalue weighted by Crippen LogP contribution is 2.35. The average molecular weight is 142 g/mol. The van der Waals surface area contributed by atoms with E-state index in [2.05, 4.69) is 4.57 Å². The quantitative estimate of drug-likeness (QED) is 0.566. The van der Waals surface area contributed by atoms with E-state index in [9.17, 15) is 0 Å². The van der Waals surface area contributed by atoms with Crippen molar-refractivity contribution in [3.63, 3.8) is 0 Å². The summed E-state index contributed by atoms with van der Waals surface area (Å²) in [4.78, 5) is 0. The molecule has 0 aliphatic heterocycles. The van der Waals surface area contributed by atoms with Gasteiger partial charge in [0.25, 0.3) is 0 Å². The normalized spacial score (nSPS) is 18.3. The lowest BCUT2D eigenvalue weighted by atomic mass is 10.7. The van der Waals surface area contributed by atoms with Crippen molar-refractivity contribution in [2.45, 2.75) is 18.9 Å². The number of hydrogen-bond donors (Lipinski definition) is 0. The van der Waals surface area contributed by atoms with E-state index in [0.717, 1.165) is 11.1 Å². The number of hydrogen-bond acceptors (Lipinski definition) is 0. The van der Waals surface area contributed by atoms with Crippen LogP contribution in [0.4, 0.5) is 0 Å². The Labute approximate surface area is 59.2 Å². The van der Waals surface area contributed by atoms with E-state index in [1.165, 1.54) is 12.8 Å². The monoisotopic (exact) mass is 141 g/mol. The Morgan fingerprint density at radius 2 is 2.33 bits per heavy atom. The maximum Gasteiger partial charge on any atom is 0.0582 e. The van der Waals surface area contributed by atoms with E-state index in [-0.39, 0.29) is 0 Å². The van der Waals surface area contributed by atoms with Crippen LogP contribution in [0.2, 0.25) is 5.02 Å². The second-order valence-corrected chi connectivity index (χ2v) is 2.94. The number of rotatable bonds is 1. The highest BCUT2D eigenvalue weighted by atomic mass is 35.5. The van der Waals surface area contributed by atoms with Crippen molar-refractivity contribution in [3.8, 4) is 0 Å². The molecule has 0 amide bonds. The molecule has 0 spiro atoms. The van der Waals surface area contributed by atoms with Crippen molar-refractivity contribution in [1.29, 1.82) is 0 Å². The lowest BCUT2D eigenvalue weighted by molar-refractivity contribution is 0.748. The van der Waals surface area contributed by atoms with Gasteiger partial charge >= 0.3 is 0 Å². The molecule has 0 atom stereocenters. The van der Waals surface area contributed by atoms with Gasteiger partial charge in [0, 0.05) is 18.4 Å². The zero-order valence-corrected chi connectivity index (χ0v) is 5.80. The Bertz CT molecular complexity index is 212. The van der Waals surface area contributed by atoms with E-state index in [1.54, 1.807) is 0 Å². The minimum absolute atomic E-state index is 0.762. The smallest absolute Gasteiger partial charge is 0.0582 e. The Morgan fingerprint density at radius 1 is 1.56 bits per heavy atom. The summed E-state index contributed by atoms with van der Waals surface area (Å²) in [5.41, 5.74) is 0. The molecule has 1 aromatic rings. The number of nitrogens with zero attached hydrogens (tertiary/aromatic N) is 1. The first kappa shape index (κ1) is 5.36. The van der Waals surface area contributed by atoms with E-state index in [4.69, 9.17) is 11.6 Å². The van der Waals surface area contributed by atoms with E-state index in [0.29, 0.717) is 0 Å². The molecule has 0 saturated heterocycles. The molecule has 0 radical (unpaired) electrons. The fourth-order valence-corrected chi connectivity index (χ4v) is 1.15. The van der Waals surface area contributed by atoms with Gasteiger partial charge in [-0.05, 0) is 18.9 Å². The molecule has 0 aromatic carbocycles. The predicted molar refractivity (Wildman–Crippen MR) is 37.7 cm³/mol. The van der Waals surface area contributed by atoms with Gasteiger partial charge in [0.1, 0.15) is 0 Å². The summed E-state index contributed by atoms with van der Waals surface area (Å²) >= 11 is 5.71. The molecule has 1 fully saturated rings. The standard InChI is InChI=1S/C7H8ClN/c8-6-3-4-9(5-6)7-1-2-7/h3-5,7H,1-2H2. The first-order valence-electron chi connectivity index (χ1n) is 3.19. The molecule has 0 unspecified atom stereocenters. The third-order valence-electron chi connectivity index (χ3n) is 1.65. The molecule has 1 nitrogen and oxygen atoms in total. The molecule has 0 bridgehead atoms. The van der Waals surface area contributed by atoms with Gasteiger partial charge in [-0.3, -0.25) is 0 Å². The minimum atomic E-state index is 0.762. The second-order valence-electron chi connectivity index (χ2n) is 2.51. The van der Waals surface area contributed by atoms with Crippen molar-refractivity contribution in [2.24, 2.45) is 0 Å². The first-order valence-corrected chi connectivity index (χ1v) is 3.57. The number of aromatic nitrogens is 1. The predicted octanol–water partition coefficient (Wildman–Crippen LogP) is 2.48. The van der Waals surface area contributed by atoms with Crippen molar-refractivity contribution >= 4 is 11.6 Å². The molecular formula is C7H8ClN. The molecular weight excluding hydrogens is 134 g/mol. The van der Waals surface area contributed by atoms with Crippen molar-refractivity contribution in [1.82, 2.24) is 4.57 Å². The molecule has 2 heteroatoms. The van der Waals surface area contributed by atoms with E-state index < -0.39 is 0 Å². The van der Waals surface area contributed by atoms with E-state index >= 15 is 0 Å². The molecule has 1 aliphatic rings. The zero-order chi connectivity index (χ0) is 6.27. The van der Waals surface area contributed by atoms with Gasteiger partial charge < -0.3 is 4.57 Å². The Balaban J connectivity index is 2.28. The Kier molecular flexibility index (Phi) is 1.06. The van der Waals surface area contributed by atoms with Gasteiger partial charge in [-0.1, -0.05) is 11.6 Å². The van der Waals surface area contributed by atoms with Crippen LogP contribution >= 0.6 is 11.6 Å². The lowest BCUT2D eigenvalue weighted by Crippen LogP contribution is -1.85. The molecule has 1 aliphatic carbocycles. The zero-order valence-electron chi connectivity index (χ0n) is 5.05. The van der Waals surface area contributed by atoms with Crippen LogP contribution in [0.3, 0.4) is 0 Å². The van der Waals surface area contributed by atoms with Crippen LogP contribution in [0.25, 0.3) is 0 Å². The summed E-state index contributed by atoms with van der Waals surface area (Å²) in [6.45, 7) is 0. The van der Waals surface area contributed by atoms with Crippen LogP contribution in [-0.2, 0) is 0 Å². The lowest BCUT2D eigenvalue weighted by Gasteiger charge is -1.93. The summed E-state index contributed by atoms with van der Waals surface area (Å²) in [6.07, 6.45) is 6.68. The molecule has 2 rings (SSSR count). The van der Waals surface area contributed by atoms with Gasteiger partial charge in [-0.2, -0.15) is 0 Å². The first-order chi connectivity index (χ1) is 4.36.